The number of halogens is 1. The van der Waals surface area contributed by atoms with E-state index >= 15 is 0 Å². The van der Waals surface area contributed by atoms with E-state index < -0.39 is 0 Å². The fraction of sp³-hybridized carbons (Fsp3) is 0.600. The molecule has 2 rings (SSSR count). The van der Waals surface area contributed by atoms with Gasteiger partial charge in [-0.2, -0.15) is 0 Å². The predicted octanol–water partition coefficient (Wildman–Crippen LogP) is 3.21. The minimum Gasteiger partial charge on any atom is -0.381 e. The van der Waals surface area contributed by atoms with Gasteiger partial charge in [-0.25, -0.2) is 4.39 Å². The number of hydrogen-bond acceptors (Lipinski definition) is 2. The second-order valence-corrected chi connectivity index (χ2v) is 4.99. The van der Waals surface area contributed by atoms with Crippen molar-refractivity contribution in [2.75, 3.05) is 19.8 Å². The Bertz CT molecular complexity index is 388. The largest absolute Gasteiger partial charge is 0.381 e. The Hall–Kier alpha value is -0.930. The van der Waals surface area contributed by atoms with Crippen molar-refractivity contribution in [1.82, 2.24) is 5.32 Å². The lowest BCUT2D eigenvalue weighted by molar-refractivity contribution is 0.0537. The molecule has 2 nitrogen and oxygen atoms in total. The van der Waals surface area contributed by atoms with E-state index in [0.717, 1.165) is 43.7 Å². The molecule has 1 N–H and O–H groups in total. The van der Waals surface area contributed by atoms with Crippen LogP contribution in [0.2, 0.25) is 0 Å². The summed E-state index contributed by atoms with van der Waals surface area (Å²) in [6.07, 6.45) is 2.10. The number of ether oxygens (including phenoxy) is 1. The Labute approximate surface area is 109 Å². The van der Waals surface area contributed by atoms with Crippen LogP contribution < -0.4 is 5.32 Å². The summed E-state index contributed by atoms with van der Waals surface area (Å²) >= 11 is 0. The maximum absolute atomic E-state index is 13.5. The van der Waals surface area contributed by atoms with Gasteiger partial charge in [-0.15, -0.1) is 0 Å². The smallest absolute Gasteiger partial charge is 0.123 e. The summed E-state index contributed by atoms with van der Waals surface area (Å²) in [6.45, 7) is 6.69. The van der Waals surface area contributed by atoms with Crippen LogP contribution >= 0.6 is 0 Å². The van der Waals surface area contributed by atoms with Crippen LogP contribution in [0.25, 0.3) is 0 Å². The van der Waals surface area contributed by atoms with E-state index in [-0.39, 0.29) is 11.9 Å². The molecular weight excluding hydrogens is 229 g/mol. The van der Waals surface area contributed by atoms with Crippen molar-refractivity contribution in [1.29, 1.82) is 0 Å². The third kappa shape index (κ3) is 3.09. The molecule has 0 spiro atoms. The van der Waals surface area contributed by atoms with Gasteiger partial charge in [-0.3, -0.25) is 0 Å². The first-order valence-corrected chi connectivity index (χ1v) is 6.79. The normalized spacial score (nSPS) is 18.8. The highest BCUT2D eigenvalue weighted by Crippen LogP contribution is 2.32. The van der Waals surface area contributed by atoms with Crippen LogP contribution in [0.4, 0.5) is 4.39 Å². The monoisotopic (exact) mass is 251 g/mol. The Kier molecular flexibility index (Phi) is 4.72. The highest BCUT2D eigenvalue weighted by atomic mass is 19.1. The Morgan fingerprint density at radius 3 is 2.78 bits per heavy atom. The molecule has 0 saturated carbocycles. The molecule has 100 valence electrons. The molecule has 0 amide bonds. The Morgan fingerprint density at radius 1 is 1.39 bits per heavy atom. The van der Waals surface area contributed by atoms with Gasteiger partial charge in [0.2, 0.25) is 0 Å². The molecule has 1 aromatic rings. The number of aryl methyl sites for hydroxylation is 1. The Balaban J connectivity index is 2.24. The molecule has 1 aliphatic rings. The standard InChI is InChI=1S/C15H22FNO/c1-3-17-15(12-6-8-18-9-7-12)14-10-13(16)5-4-11(14)2/h4-5,10,12,15,17H,3,6-9H2,1-2H3. The molecule has 0 aliphatic carbocycles. The molecule has 1 aromatic carbocycles. The summed E-state index contributed by atoms with van der Waals surface area (Å²) in [4.78, 5) is 0. The summed E-state index contributed by atoms with van der Waals surface area (Å²) in [5, 5.41) is 3.51. The van der Waals surface area contributed by atoms with Crippen LogP contribution in [0.5, 0.6) is 0 Å². The molecule has 3 heteroatoms. The van der Waals surface area contributed by atoms with Crippen molar-refractivity contribution in [2.45, 2.75) is 32.7 Å². The third-order valence-corrected chi connectivity index (χ3v) is 3.74. The van der Waals surface area contributed by atoms with Crippen molar-refractivity contribution >= 4 is 0 Å². The summed E-state index contributed by atoms with van der Waals surface area (Å²) < 4.78 is 18.9. The zero-order valence-electron chi connectivity index (χ0n) is 11.2. The van der Waals surface area contributed by atoms with E-state index in [1.54, 1.807) is 6.07 Å². The van der Waals surface area contributed by atoms with Crippen LogP contribution in [-0.4, -0.2) is 19.8 Å². The van der Waals surface area contributed by atoms with Gasteiger partial charge < -0.3 is 10.1 Å². The first-order chi connectivity index (χ1) is 8.72. The predicted molar refractivity (Wildman–Crippen MR) is 71.1 cm³/mol. The fourth-order valence-corrected chi connectivity index (χ4v) is 2.75. The van der Waals surface area contributed by atoms with Crippen molar-refractivity contribution in [2.24, 2.45) is 5.92 Å². The molecule has 1 saturated heterocycles. The Morgan fingerprint density at radius 2 is 2.11 bits per heavy atom. The molecule has 1 unspecified atom stereocenters. The summed E-state index contributed by atoms with van der Waals surface area (Å²) in [7, 11) is 0. The van der Waals surface area contributed by atoms with Crippen LogP contribution in [0.15, 0.2) is 18.2 Å². The third-order valence-electron chi connectivity index (χ3n) is 3.74. The fourth-order valence-electron chi connectivity index (χ4n) is 2.75. The first-order valence-electron chi connectivity index (χ1n) is 6.79. The zero-order chi connectivity index (χ0) is 13.0. The lowest BCUT2D eigenvalue weighted by atomic mass is 9.85. The topological polar surface area (TPSA) is 21.3 Å². The van der Waals surface area contributed by atoms with Crippen LogP contribution in [-0.2, 0) is 4.74 Å². The molecule has 0 aromatic heterocycles. The van der Waals surface area contributed by atoms with Gasteiger partial charge in [0.25, 0.3) is 0 Å². The molecule has 1 aliphatic heterocycles. The van der Waals surface area contributed by atoms with E-state index in [4.69, 9.17) is 4.74 Å². The quantitative estimate of drug-likeness (QED) is 0.887. The molecule has 1 fully saturated rings. The van der Waals surface area contributed by atoms with E-state index in [1.165, 1.54) is 6.07 Å². The minimum absolute atomic E-state index is 0.148. The average Bonchev–Trinajstić information content (AvgIpc) is 2.40. The highest BCUT2D eigenvalue weighted by Gasteiger charge is 2.26. The lowest BCUT2D eigenvalue weighted by Crippen LogP contribution is -2.32. The van der Waals surface area contributed by atoms with Crippen LogP contribution in [0, 0.1) is 18.7 Å². The van der Waals surface area contributed by atoms with Crippen molar-refractivity contribution < 1.29 is 9.13 Å². The van der Waals surface area contributed by atoms with Gasteiger partial charge in [0.1, 0.15) is 5.82 Å². The van der Waals surface area contributed by atoms with Gasteiger partial charge in [-0.05, 0) is 55.5 Å². The highest BCUT2D eigenvalue weighted by molar-refractivity contribution is 5.30. The molecule has 0 radical (unpaired) electrons. The average molecular weight is 251 g/mol. The second kappa shape index (κ2) is 6.30. The van der Waals surface area contributed by atoms with Gasteiger partial charge in [-0.1, -0.05) is 13.0 Å². The number of hydrogen-bond donors (Lipinski definition) is 1. The van der Waals surface area contributed by atoms with Gasteiger partial charge in [0.15, 0.2) is 0 Å². The van der Waals surface area contributed by atoms with E-state index in [0.29, 0.717) is 5.92 Å². The van der Waals surface area contributed by atoms with Gasteiger partial charge in [0.05, 0.1) is 0 Å². The van der Waals surface area contributed by atoms with Crippen LogP contribution in [0.1, 0.15) is 36.9 Å². The molecular formula is C15H22FNO. The van der Waals surface area contributed by atoms with E-state index in [1.807, 2.05) is 6.07 Å². The first kappa shape index (κ1) is 13.5. The zero-order valence-corrected chi connectivity index (χ0v) is 11.2. The SMILES string of the molecule is CCNC(c1cc(F)ccc1C)C1CCOCC1. The molecule has 1 heterocycles. The van der Waals surface area contributed by atoms with Crippen LogP contribution in [0.3, 0.4) is 0 Å². The van der Waals surface area contributed by atoms with Crippen molar-refractivity contribution in [3.63, 3.8) is 0 Å². The van der Waals surface area contributed by atoms with Crippen molar-refractivity contribution in [3.8, 4) is 0 Å². The lowest BCUT2D eigenvalue weighted by Gasteiger charge is -2.32. The summed E-state index contributed by atoms with van der Waals surface area (Å²) in [6, 6.07) is 5.33. The maximum Gasteiger partial charge on any atom is 0.123 e. The second-order valence-electron chi connectivity index (χ2n) is 4.99. The number of benzene rings is 1. The summed E-state index contributed by atoms with van der Waals surface area (Å²) in [5.41, 5.74) is 2.26. The minimum atomic E-state index is -0.148. The van der Waals surface area contributed by atoms with E-state index in [2.05, 4.69) is 19.2 Å². The van der Waals surface area contributed by atoms with E-state index in [9.17, 15) is 4.39 Å². The molecule has 18 heavy (non-hydrogen) atoms. The molecule has 0 bridgehead atoms. The van der Waals surface area contributed by atoms with Crippen molar-refractivity contribution in [3.05, 3.63) is 35.1 Å². The maximum atomic E-state index is 13.5. The number of nitrogens with one attached hydrogen (secondary N) is 1. The number of rotatable bonds is 4. The van der Waals surface area contributed by atoms with Gasteiger partial charge >= 0.3 is 0 Å². The molecule has 1 atom stereocenters. The van der Waals surface area contributed by atoms with Gasteiger partial charge in [0, 0.05) is 19.3 Å². The summed E-state index contributed by atoms with van der Waals surface area (Å²) in [5.74, 6) is 0.393.